The van der Waals surface area contributed by atoms with Gasteiger partial charge in [-0.15, -0.1) is 0 Å². The van der Waals surface area contributed by atoms with Gasteiger partial charge in [0.1, 0.15) is 5.82 Å². The van der Waals surface area contributed by atoms with Crippen molar-refractivity contribution in [3.05, 3.63) is 65.0 Å². The van der Waals surface area contributed by atoms with Crippen molar-refractivity contribution in [2.75, 3.05) is 31.6 Å². The molecular formula is C20H23FN4O. The van der Waals surface area contributed by atoms with E-state index in [1.165, 1.54) is 17.3 Å². The molecule has 0 saturated heterocycles. The average molecular weight is 354 g/mol. The molecule has 0 fully saturated rings. The monoisotopic (exact) mass is 354 g/mol. The minimum absolute atomic E-state index is 0.285. The molecule has 1 aliphatic rings. The third kappa shape index (κ3) is 3.85. The second-order valence-electron chi connectivity index (χ2n) is 6.22. The molecule has 0 unspecified atom stereocenters. The van der Waals surface area contributed by atoms with Gasteiger partial charge in [-0.05, 0) is 42.7 Å². The number of para-hydroxylation sites is 1. The molecule has 0 atom stereocenters. The number of nitrogens with zero attached hydrogens (tertiary/aromatic N) is 2. The van der Waals surface area contributed by atoms with Crippen molar-refractivity contribution in [3.8, 4) is 0 Å². The minimum atomic E-state index is -0.371. The van der Waals surface area contributed by atoms with E-state index in [9.17, 15) is 9.18 Å². The van der Waals surface area contributed by atoms with Crippen LogP contribution in [0.1, 0.15) is 21.5 Å². The normalized spacial score (nSPS) is 13.5. The number of amides is 1. The van der Waals surface area contributed by atoms with E-state index in [4.69, 9.17) is 0 Å². The summed E-state index contributed by atoms with van der Waals surface area (Å²) >= 11 is 0. The van der Waals surface area contributed by atoms with Gasteiger partial charge in [-0.2, -0.15) is 0 Å². The van der Waals surface area contributed by atoms with Crippen molar-refractivity contribution in [1.29, 1.82) is 0 Å². The summed E-state index contributed by atoms with van der Waals surface area (Å²) in [6.45, 7) is 3.51. The fourth-order valence-corrected chi connectivity index (χ4v) is 3.04. The van der Waals surface area contributed by atoms with Gasteiger partial charge in [-0.1, -0.05) is 24.3 Å². The Hall–Kier alpha value is -2.89. The molecule has 1 heterocycles. The first-order chi connectivity index (χ1) is 12.6. The Kier molecular flexibility index (Phi) is 5.51. The second-order valence-corrected chi connectivity index (χ2v) is 6.22. The maximum absolute atomic E-state index is 13.6. The van der Waals surface area contributed by atoms with Crippen molar-refractivity contribution in [2.24, 2.45) is 4.99 Å². The number of aliphatic imine (C=N–C) groups is 1. The maximum atomic E-state index is 13.6. The molecule has 0 aromatic heterocycles. The van der Waals surface area contributed by atoms with E-state index in [2.05, 4.69) is 32.7 Å². The Morgan fingerprint density at radius 1 is 1.19 bits per heavy atom. The summed E-state index contributed by atoms with van der Waals surface area (Å²) < 4.78 is 13.6. The third-order valence-electron chi connectivity index (χ3n) is 4.48. The number of fused-ring (bicyclic) bond motifs is 1. The van der Waals surface area contributed by atoms with Crippen molar-refractivity contribution < 1.29 is 9.18 Å². The highest BCUT2D eigenvalue weighted by atomic mass is 19.1. The van der Waals surface area contributed by atoms with E-state index in [0.29, 0.717) is 24.2 Å². The molecule has 5 nitrogen and oxygen atoms in total. The summed E-state index contributed by atoms with van der Waals surface area (Å²) in [7, 11) is 1.75. The Morgan fingerprint density at radius 2 is 1.96 bits per heavy atom. The standard InChI is InChI=1S/C20H23FN4O/c1-14-7-8-16(13-17(14)21)19(26)23-10-11-24-20(22-2)25-12-9-15-5-3-4-6-18(15)25/h3-8,13H,9-12H2,1-2H3,(H,22,24)(H,23,26). The number of nitrogens with one attached hydrogen (secondary N) is 2. The molecule has 6 heteroatoms. The number of carbonyl (C=O) groups is 1. The van der Waals surface area contributed by atoms with E-state index in [0.717, 1.165) is 18.9 Å². The zero-order valence-corrected chi connectivity index (χ0v) is 15.1. The predicted molar refractivity (Wildman–Crippen MR) is 102 cm³/mol. The number of halogens is 1. The van der Waals surface area contributed by atoms with Crippen LogP contribution in [0.2, 0.25) is 0 Å². The highest BCUT2D eigenvalue weighted by Gasteiger charge is 2.22. The lowest BCUT2D eigenvalue weighted by molar-refractivity contribution is 0.0954. The van der Waals surface area contributed by atoms with Gasteiger partial charge < -0.3 is 15.5 Å². The molecule has 2 aromatic rings. The quantitative estimate of drug-likeness (QED) is 0.504. The van der Waals surface area contributed by atoms with E-state index < -0.39 is 0 Å². The van der Waals surface area contributed by atoms with Gasteiger partial charge >= 0.3 is 0 Å². The maximum Gasteiger partial charge on any atom is 0.251 e. The number of carbonyl (C=O) groups excluding carboxylic acids is 1. The van der Waals surface area contributed by atoms with Crippen molar-refractivity contribution in [2.45, 2.75) is 13.3 Å². The van der Waals surface area contributed by atoms with Crippen LogP contribution in [0.3, 0.4) is 0 Å². The van der Waals surface area contributed by atoms with Crippen LogP contribution in [0.4, 0.5) is 10.1 Å². The summed E-state index contributed by atoms with van der Waals surface area (Å²) in [5, 5.41) is 6.06. The number of benzene rings is 2. The molecule has 26 heavy (non-hydrogen) atoms. The molecule has 1 aliphatic heterocycles. The number of anilines is 1. The molecule has 0 bridgehead atoms. The molecule has 2 N–H and O–H groups in total. The first kappa shape index (κ1) is 17.9. The van der Waals surface area contributed by atoms with Crippen molar-refractivity contribution in [1.82, 2.24) is 10.6 Å². The Bertz CT molecular complexity index is 834. The summed E-state index contributed by atoms with van der Waals surface area (Å²) in [5.41, 5.74) is 3.33. The minimum Gasteiger partial charge on any atom is -0.354 e. The number of rotatable bonds is 4. The van der Waals surface area contributed by atoms with Gasteiger partial charge in [-0.25, -0.2) is 4.39 Å². The molecule has 0 spiro atoms. The summed E-state index contributed by atoms with van der Waals surface area (Å²) in [5.74, 6) is 0.127. The lowest BCUT2D eigenvalue weighted by Crippen LogP contribution is -2.43. The number of hydrogen-bond donors (Lipinski definition) is 2. The van der Waals surface area contributed by atoms with Gasteiger partial charge in [0.2, 0.25) is 0 Å². The highest BCUT2D eigenvalue weighted by molar-refractivity contribution is 5.98. The van der Waals surface area contributed by atoms with Crippen molar-refractivity contribution >= 4 is 17.6 Å². The summed E-state index contributed by atoms with van der Waals surface area (Å²) in [6.07, 6.45) is 0.993. The molecule has 1 amide bonds. The first-order valence-electron chi connectivity index (χ1n) is 8.70. The summed E-state index contributed by atoms with van der Waals surface area (Å²) in [4.78, 5) is 18.6. The molecular weight excluding hydrogens is 331 g/mol. The average Bonchev–Trinajstić information content (AvgIpc) is 3.08. The molecule has 2 aromatic carbocycles. The molecule has 136 valence electrons. The fraction of sp³-hybridized carbons (Fsp3) is 0.300. The van der Waals surface area contributed by atoms with Crippen LogP contribution in [-0.2, 0) is 6.42 Å². The second kappa shape index (κ2) is 7.99. The van der Waals surface area contributed by atoms with Gasteiger partial charge in [0, 0.05) is 37.9 Å². The fourth-order valence-electron chi connectivity index (χ4n) is 3.04. The van der Waals surface area contributed by atoms with Gasteiger partial charge in [0.25, 0.3) is 5.91 Å². The summed E-state index contributed by atoms with van der Waals surface area (Å²) in [6, 6.07) is 12.8. The zero-order valence-electron chi connectivity index (χ0n) is 15.1. The third-order valence-corrected chi connectivity index (χ3v) is 4.48. The SMILES string of the molecule is CN=C(NCCNC(=O)c1ccc(C)c(F)c1)N1CCc2ccccc21. The van der Waals surface area contributed by atoms with E-state index in [1.54, 1.807) is 26.1 Å². The van der Waals surface area contributed by atoms with Crippen molar-refractivity contribution in [3.63, 3.8) is 0 Å². The van der Waals surface area contributed by atoms with E-state index in [1.807, 2.05) is 12.1 Å². The van der Waals surface area contributed by atoms with Gasteiger partial charge in [0.05, 0.1) is 0 Å². The molecule has 0 radical (unpaired) electrons. The van der Waals surface area contributed by atoms with Gasteiger partial charge in [0.15, 0.2) is 5.96 Å². The smallest absolute Gasteiger partial charge is 0.251 e. The lowest BCUT2D eigenvalue weighted by Gasteiger charge is -2.22. The van der Waals surface area contributed by atoms with E-state index in [-0.39, 0.29) is 11.7 Å². The van der Waals surface area contributed by atoms with Crippen LogP contribution in [0.5, 0.6) is 0 Å². The van der Waals surface area contributed by atoms with E-state index >= 15 is 0 Å². The Labute approximate surface area is 152 Å². The van der Waals surface area contributed by atoms with Crippen LogP contribution in [-0.4, -0.2) is 38.5 Å². The topological polar surface area (TPSA) is 56.7 Å². The largest absolute Gasteiger partial charge is 0.354 e. The number of aryl methyl sites for hydroxylation is 1. The van der Waals surface area contributed by atoms with Crippen LogP contribution in [0, 0.1) is 12.7 Å². The molecule has 0 aliphatic carbocycles. The van der Waals surface area contributed by atoms with Crippen LogP contribution < -0.4 is 15.5 Å². The highest BCUT2D eigenvalue weighted by Crippen LogP contribution is 2.27. The zero-order chi connectivity index (χ0) is 18.5. The Balaban J connectivity index is 1.51. The van der Waals surface area contributed by atoms with Crippen LogP contribution in [0.15, 0.2) is 47.5 Å². The number of guanidine groups is 1. The predicted octanol–water partition coefficient (Wildman–Crippen LogP) is 2.50. The van der Waals surface area contributed by atoms with Gasteiger partial charge in [-0.3, -0.25) is 9.79 Å². The molecule has 3 rings (SSSR count). The van der Waals surface area contributed by atoms with Crippen LogP contribution >= 0.6 is 0 Å². The Morgan fingerprint density at radius 3 is 2.73 bits per heavy atom. The first-order valence-corrected chi connectivity index (χ1v) is 8.70. The number of hydrogen-bond acceptors (Lipinski definition) is 2. The molecule has 0 saturated carbocycles. The lowest BCUT2D eigenvalue weighted by atomic mass is 10.1. The van der Waals surface area contributed by atoms with Crippen LogP contribution in [0.25, 0.3) is 0 Å².